The smallest absolute Gasteiger partial charge is 0.319 e. The molecule has 2 aromatic rings. The largest absolute Gasteiger partial charge is 0.467 e. The highest BCUT2D eigenvalue weighted by molar-refractivity contribution is 5.92. The quantitative estimate of drug-likeness (QED) is 0.578. The summed E-state index contributed by atoms with van der Waals surface area (Å²) in [6.07, 6.45) is 0.407. The van der Waals surface area contributed by atoms with Crippen LogP contribution in [-0.4, -0.2) is 31.4 Å². The van der Waals surface area contributed by atoms with Gasteiger partial charge in [0.15, 0.2) is 6.79 Å². The van der Waals surface area contributed by atoms with Gasteiger partial charge in [0, 0.05) is 29.5 Å². The van der Waals surface area contributed by atoms with Gasteiger partial charge in [-0.2, -0.15) is 0 Å². The van der Waals surface area contributed by atoms with Crippen LogP contribution in [0.5, 0.6) is 5.75 Å². The van der Waals surface area contributed by atoms with Crippen LogP contribution in [0.4, 0.5) is 25.4 Å². The zero-order valence-corrected chi connectivity index (χ0v) is 16.9. The van der Waals surface area contributed by atoms with Crippen LogP contribution in [0.1, 0.15) is 25.0 Å². The molecule has 0 fully saturated rings. The molecule has 0 aliphatic carbocycles. The van der Waals surface area contributed by atoms with Gasteiger partial charge < -0.3 is 30.7 Å². The minimum atomic E-state index is -0.409. The molecule has 160 valence electrons. The predicted molar refractivity (Wildman–Crippen MR) is 111 cm³/mol. The molecule has 1 aliphatic heterocycles. The van der Waals surface area contributed by atoms with Gasteiger partial charge >= 0.3 is 12.1 Å². The van der Waals surface area contributed by atoms with Crippen LogP contribution in [0.25, 0.3) is 0 Å². The van der Waals surface area contributed by atoms with Crippen molar-refractivity contribution in [1.82, 2.24) is 10.6 Å². The second-order valence-electron chi connectivity index (χ2n) is 7.13. The fourth-order valence-electron chi connectivity index (χ4n) is 3.03. The molecule has 4 N–H and O–H groups in total. The molecule has 0 atom stereocenters. The number of urea groups is 2. The Labute approximate surface area is 174 Å². The lowest BCUT2D eigenvalue weighted by molar-refractivity contribution is -0.0172. The first-order valence-corrected chi connectivity index (χ1v) is 9.65. The Morgan fingerprint density at radius 1 is 1.10 bits per heavy atom. The van der Waals surface area contributed by atoms with E-state index in [-0.39, 0.29) is 24.7 Å². The number of benzene rings is 2. The summed E-state index contributed by atoms with van der Waals surface area (Å²) >= 11 is 0. The average Bonchev–Trinajstić information content (AvgIpc) is 2.67. The van der Waals surface area contributed by atoms with Crippen molar-refractivity contribution in [3.8, 4) is 5.75 Å². The number of halogens is 1. The summed E-state index contributed by atoms with van der Waals surface area (Å²) in [4.78, 5) is 24.0. The summed E-state index contributed by atoms with van der Waals surface area (Å²) in [7, 11) is 0. The molecule has 1 heterocycles. The van der Waals surface area contributed by atoms with Gasteiger partial charge in [-0.1, -0.05) is 6.07 Å². The first kappa shape index (κ1) is 21.4. The van der Waals surface area contributed by atoms with E-state index in [0.717, 1.165) is 0 Å². The average molecular weight is 416 g/mol. The molecule has 3 rings (SSSR count). The van der Waals surface area contributed by atoms with E-state index < -0.39 is 6.03 Å². The van der Waals surface area contributed by atoms with E-state index in [1.54, 1.807) is 24.3 Å². The van der Waals surface area contributed by atoms with Gasteiger partial charge in [0.05, 0.1) is 6.61 Å². The molecule has 0 unspecified atom stereocenters. The van der Waals surface area contributed by atoms with Crippen molar-refractivity contribution in [2.45, 2.75) is 32.9 Å². The topological polar surface area (TPSA) is 101 Å². The summed E-state index contributed by atoms with van der Waals surface area (Å²) in [5.74, 6) is 0.247. The first-order valence-electron chi connectivity index (χ1n) is 9.65. The highest BCUT2D eigenvalue weighted by atomic mass is 19.1. The number of nitrogens with one attached hydrogen (secondary N) is 4. The number of hydrogen-bond donors (Lipinski definition) is 4. The van der Waals surface area contributed by atoms with Crippen LogP contribution in [0, 0.1) is 5.82 Å². The van der Waals surface area contributed by atoms with Gasteiger partial charge in [0.1, 0.15) is 11.6 Å². The molecule has 30 heavy (non-hydrogen) atoms. The number of carbonyl (C=O) groups excluding carboxylic acids is 2. The van der Waals surface area contributed by atoms with Crippen LogP contribution in [0.2, 0.25) is 0 Å². The second kappa shape index (κ2) is 9.93. The molecule has 8 nitrogen and oxygen atoms in total. The molecule has 0 bridgehead atoms. The van der Waals surface area contributed by atoms with Gasteiger partial charge in [-0.05, 0) is 56.2 Å². The van der Waals surface area contributed by atoms with E-state index >= 15 is 0 Å². The molecular formula is C21H25FN4O4. The minimum absolute atomic E-state index is 0.0127. The van der Waals surface area contributed by atoms with Crippen molar-refractivity contribution >= 4 is 23.4 Å². The van der Waals surface area contributed by atoms with Crippen LogP contribution < -0.4 is 26.0 Å². The summed E-state index contributed by atoms with van der Waals surface area (Å²) in [6.45, 7) is 4.44. The molecule has 0 radical (unpaired) electrons. The van der Waals surface area contributed by atoms with Gasteiger partial charge in [-0.25, -0.2) is 14.0 Å². The molecule has 0 aromatic heterocycles. The van der Waals surface area contributed by atoms with Crippen molar-refractivity contribution in [3.63, 3.8) is 0 Å². The first-order chi connectivity index (χ1) is 14.4. The third kappa shape index (κ3) is 6.08. The Morgan fingerprint density at radius 3 is 2.57 bits per heavy atom. The fraction of sp³-hybridized carbons (Fsp3) is 0.333. The van der Waals surface area contributed by atoms with Crippen molar-refractivity contribution in [2.75, 3.05) is 24.0 Å². The lowest BCUT2D eigenvalue weighted by atomic mass is 10.1. The summed E-state index contributed by atoms with van der Waals surface area (Å²) < 4.78 is 24.4. The van der Waals surface area contributed by atoms with Crippen molar-refractivity contribution in [2.24, 2.45) is 0 Å². The summed E-state index contributed by atoms with van der Waals surface area (Å²) in [5, 5.41) is 10.9. The highest BCUT2D eigenvalue weighted by Gasteiger charge is 2.17. The van der Waals surface area contributed by atoms with Crippen molar-refractivity contribution in [1.29, 1.82) is 0 Å². The third-order valence-electron chi connectivity index (χ3n) is 4.23. The Kier molecular flexibility index (Phi) is 7.08. The van der Waals surface area contributed by atoms with Crippen molar-refractivity contribution < 1.29 is 23.5 Å². The fourth-order valence-corrected chi connectivity index (χ4v) is 3.03. The molecule has 0 saturated carbocycles. The molecule has 1 aliphatic rings. The van der Waals surface area contributed by atoms with E-state index in [9.17, 15) is 14.0 Å². The third-order valence-corrected chi connectivity index (χ3v) is 4.23. The minimum Gasteiger partial charge on any atom is -0.467 e. The zero-order chi connectivity index (χ0) is 21.5. The summed E-state index contributed by atoms with van der Waals surface area (Å²) in [5.41, 5.74) is 2.41. The van der Waals surface area contributed by atoms with Crippen molar-refractivity contribution in [3.05, 3.63) is 53.3 Å². The van der Waals surface area contributed by atoms with Crippen LogP contribution in [0.15, 0.2) is 36.4 Å². The number of rotatable bonds is 6. The van der Waals surface area contributed by atoms with Crippen LogP contribution in [-0.2, 0) is 17.8 Å². The van der Waals surface area contributed by atoms with Gasteiger partial charge in [-0.3, -0.25) is 0 Å². The van der Waals surface area contributed by atoms with Gasteiger partial charge in [-0.15, -0.1) is 0 Å². The molecule has 0 spiro atoms. The van der Waals surface area contributed by atoms with Gasteiger partial charge in [0.2, 0.25) is 0 Å². The molecule has 2 aromatic carbocycles. The Bertz CT molecular complexity index is 920. The number of amides is 4. The standard InChI is InChI=1S/C21H25FN4O4/c1-13(2)24-21(28)26-18-5-3-4-17(10-18)25-20(27)23-7-6-14-8-16(22)9-15-11-29-12-30-19(14)15/h3-5,8-10,13H,6-7,11-12H2,1-2H3,(H2,23,25,27)(H2,24,26,28). The molecule has 0 saturated heterocycles. The Balaban J connectivity index is 1.51. The highest BCUT2D eigenvalue weighted by Crippen LogP contribution is 2.29. The SMILES string of the molecule is CC(C)NC(=O)Nc1cccc(NC(=O)NCCc2cc(F)cc3c2OCOC3)c1. The van der Waals surface area contributed by atoms with Crippen LogP contribution in [0.3, 0.4) is 0 Å². The van der Waals surface area contributed by atoms with E-state index in [0.29, 0.717) is 47.8 Å². The molecule has 9 heteroatoms. The maximum atomic E-state index is 13.8. The Hall–Kier alpha value is -3.33. The maximum absolute atomic E-state index is 13.8. The monoisotopic (exact) mass is 416 g/mol. The van der Waals surface area contributed by atoms with Crippen LogP contribution >= 0.6 is 0 Å². The van der Waals surface area contributed by atoms with E-state index in [1.165, 1.54) is 12.1 Å². The normalized spacial score (nSPS) is 12.5. The second-order valence-corrected chi connectivity index (χ2v) is 7.13. The lowest BCUT2D eigenvalue weighted by Crippen LogP contribution is -2.34. The van der Waals surface area contributed by atoms with E-state index in [2.05, 4.69) is 21.3 Å². The predicted octanol–water partition coefficient (Wildman–Crippen LogP) is 3.59. The number of carbonyl (C=O) groups is 2. The Morgan fingerprint density at radius 2 is 1.83 bits per heavy atom. The zero-order valence-electron chi connectivity index (χ0n) is 16.9. The van der Waals surface area contributed by atoms with E-state index in [1.807, 2.05) is 13.8 Å². The van der Waals surface area contributed by atoms with E-state index in [4.69, 9.17) is 9.47 Å². The van der Waals surface area contributed by atoms with Gasteiger partial charge in [0.25, 0.3) is 0 Å². The number of fused-ring (bicyclic) bond motifs is 1. The molecular weight excluding hydrogens is 391 g/mol. The lowest BCUT2D eigenvalue weighted by Gasteiger charge is -2.21. The summed E-state index contributed by atoms with van der Waals surface area (Å²) in [6, 6.07) is 8.88. The number of anilines is 2. The number of hydrogen-bond acceptors (Lipinski definition) is 4. The molecule has 4 amide bonds. The maximum Gasteiger partial charge on any atom is 0.319 e. The number of ether oxygens (including phenoxy) is 2.